The van der Waals surface area contributed by atoms with Gasteiger partial charge in [-0.2, -0.15) is 5.10 Å². The Morgan fingerprint density at radius 2 is 2.26 bits per heavy atom. The normalized spacial score (nSPS) is 14.6. The van der Waals surface area contributed by atoms with Gasteiger partial charge in [-0.15, -0.1) is 0 Å². The van der Waals surface area contributed by atoms with E-state index >= 15 is 0 Å². The molecule has 0 spiro atoms. The van der Waals surface area contributed by atoms with Crippen LogP contribution in [0.5, 0.6) is 5.75 Å². The maximum Gasteiger partial charge on any atom is 0.134 e. The molecule has 0 saturated heterocycles. The number of ether oxygens (including phenoxy) is 1. The molecule has 1 saturated carbocycles. The zero-order chi connectivity index (χ0) is 13.4. The zero-order valence-electron chi connectivity index (χ0n) is 10.8. The van der Waals surface area contributed by atoms with Gasteiger partial charge in [-0.05, 0) is 40.8 Å². The van der Waals surface area contributed by atoms with Gasteiger partial charge in [-0.1, -0.05) is 12.1 Å². The van der Waals surface area contributed by atoms with Crippen LogP contribution in [0.3, 0.4) is 0 Å². The summed E-state index contributed by atoms with van der Waals surface area (Å²) >= 11 is 3.61. The third kappa shape index (κ3) is 2.61. The average molecular weight is 322 g/mol. The first-order chi connectivity index (χ1) is 9.15. The van der Waals surface area contributed by atoms with Gasteiger partial charge in [0.2, 0.25) is 0 Å². The first-order valence-electron chi connectivity index (χ1n) is 6.36. The van der Waals surface area contributed by atoms with E-state index in [0.29, 0.717) is 5.82 Å². The van der Waals surface area contributed by atoms with Gasteiger partial charge in [0, 0.05) is 18.7 Å². The molecule has 1 aliphatic carbocycles. The minimum Gasteiger partial charge on any atom is -0.492 e. The maximum atomic E-state index is 5.85. The van der Waals surface area contributed by atoms with Gasteiger partial charge < -0.3 is 10.5 Å². The number of halogens is 1. The molecular formula is C14H16BrN3O. The van der Waals surface area contributed by atoms with Crippen LogP contribution < -0.4 is 10.5 Å². The number of nitrogen functional groups attached to an aromatic ring is 1. The molecule has 2 aromatic rings. The van der Waals surface area contributed by atoms with Gasteiger partial charge in [0.05, 0.1) is 16.8 Å². The van der Waals surface area contributed by atoms with Gasteiger partial charge in [0.15, 0.2) is 0 Å². The molecule has 0 aliphatic heterocycles. The van der Waals surface area contributed by atoms with Crippen molar-refractivity contribution in [3.63, 3.8) is 0 Å². The summed E-state index contributed by atoms with van der Waals surface area (Å²) in [5.41, 5.74) is 7.68. The zero-order valence-corrected chi connectivity index (χ0v) is 12.4. The van der Waals surface area contributed by atoms with Crippen LogP contribution in [-0.4, -0.2) is 16.4 Å². The lowest BCUT2D eigenvalue weighted by molar-refractivity contribution is 0.298. The van der Waals surface area contributed by atoms with E-state index in [9.17, 15) is 0 Å². The lowest BCUT2D eigenvalue weighted by atomic mass is 10.1. The molecule has 4 nitrogen and oxygen atoms in total. The number of aromatic nitrogens is 2. The quantitative estimate of drug-likeness (QED) is 0.940. The van der Waals surface area contributed by atoms with Crippen LogP contribution in [0.1, 0.15) is 12.8 Å². The van der Waals surface area contributed by atoms with Crippen LogP contribution in [0, 0.1) is 5.92 Å². The summed E-state index contributed by atoms with van der Waals surface area (Å²) in [6.45, 7) is 0.798. The molecule has 19 heavy (non-hydrogen) atoms. The highest BCUT2D eigenvalue weighted by Crippen LogP contribution is 2.37. The van der Waals surface area contributed by atoms with Gasteiger partial charge in [0.1, 0.15) is 11.6 Å². The van der Waals surface area contributed by atoms with Gasteiger partial charge in [-0.25, -0.2) is 0 Å². The van der Waals surface area contributed by atoms with Crippen LogP contribution in [0.4, 0.5) is 5.82 Å². The Kier molecular flexibility index (Phi) is 3.22. The van der Waals surface area contributed by atoms with Crippen molar-refractivity contribution in [1.82, 2.24) is 9.78 Å². The molecule has 1 aromatic heterocycles. The molecule has 1 fully saturated rings. The number of nitrogens with two attached hydrogens (primary N) is 1. The first kappa shape index (κ1) is 12.5. The Bertz CT molecular complexity index is 585. The van der Waals surface area contributed by atoms with Crippen LogP contribution in [0.25, 0.3) is 11.3 Å². The summed E-state index contributed by atoms with van der Waals surface area (Å²) in [6.07, 6.45) is 2.57. The van der Waals surface area contributed by atoms with Gasteiger partial charge >= 0.3 is 0 Å². The first-order valence-corrected chi connectivity index (χ1v) is 7.15. The highest BCUT2D eigenvalue weighted by atomic mass is 79.9. The Labute approximate surface area is 120 Å². The third-order valence-electron chi connectivity index (χ3n) is 3.33. The van der Waals surface area contributed by atoms with E-state index in [-0.39, 0.29) is 0 Å². The second kappa shape index (κ2) is 4.89. The Hall–Kier alpha value is -1.49. The number of nitrogens with zero attached hydrogens (tertiary/aromatic N) is 2. The molecule has 0 bridgehead atoms. The van der Waals surface area contributed by atoms with Crippen LogP contribution >= 0.6 is 15.9 Å². The molecule has 1 aromatic carbocycles. The fourth-order valence-corrected chi connectivity index (χ4v) is 2.51. The topological polar surface area (TPSA) is 53.1 Å². The minimum absolute atomic E-state index is 0.645. The summed E-state index contributed by atoms with van der Waals surface area (Å²) < 4.78 is 8.45. The number of benzene rings is 1. The van der Waals surface area contributed by atoms with E-state index in [1.165, 1.54) is 12.8 Å². The van der Waals surface area contributed by atoms with E-state index in [2.05, 4.69) is 21.0 Å². The van der Waals surface area contributed by atoms with Crippen molar-refractivity contribution < 1.29 is 4.74 Å². The van der Waals surface area contributed by atoms with Crippen molar-refractivity contribution >= 4 is 21.7 Å². The number of rotatable bonds is 4. The number of hydrogen-bond donors (Lipinski definition) is 1. The van der Waals surface area contributed by atoms with E-state index in [4.69, 9.17) is 10.5 Å². The van der Waals surface area contributed by atoms with Crippen molar-refractivity contribution in [1.29, 1.82) is 0 Å². The lowest BCUT2D eigenvalue weighted by Crippen LogP contribution is -2.00. The van der Waals surface area contributed by atoms with E-state index < -0.39 is 0 Å². The summed E-state index contributed by atoms with van der Waals surface area (Å²) in [4.78, 5) is 0. The second-order valence-corrected chi connectivity index (χ2v) is 5.74. The standard InChI is InChI=1S/C14H16BrN3O/c1-18-13(16)7-11(17-18)10-3-2-4-12(14(10)15)19-8-9-5-6-9/h2-4,7,9H,5-6,8,16H2,1H3. The minimum atomic E-state index is 0.645. The van der Waals surface area contributed by atoms with Gasteiger partial charge in [0.25, 0.3) is 0 Å². The van der Waals surface area contributed by atoms with Crippen LogP contribution in [-0.2, 0) is 7.05 Å². The maximum absolute atomic E-state index is 5.85. The van der Waals surface area contributed by atoms with Crippen molar-refractivity contribution in [3.05, 3.63) is 28.7 Å². The summed E-state index contributed by atoms with van der Waals surface area (Å²) in [5.74, 6) is 2.25. The number of aryl methyl sites for hydroxylation is 1. The van der Waals surface area contributed by atoms with Crippen LogP contribution in [0.2, 0.25) is 0 Å². The van der Waals surface area contributed by atoms with E-state index in [0.717, 1.165) is 34.0 Å². The van der Waals surface area contributed by atoms with Crippen molar-refractivity contribution in [2.24, 2.45) is 13.0 Å². The Morgan fingerprint density at radius 3 is 2.89 bits per heavy atom. The smallest absolute Gasteiger partial charge is 0.134 e. The highest BCUT2D eigenvalue weighted by molar-refractivity contribution is 9.10. The molecule has 0 atom stereocenters. The summed E-state index contributed by atoms with van der Waals surface area (Å²) in [6, 6.07) is 7.83. The number of hydrogen-bond acceptors (Lipinski definition) is 3. The number of anilines is 1. The van der Waals surface area contributed by atoms with Crippen molar-refractivity contribution in [2.45, 2.75) is 12.8 Å². The molecule has 1 aliphatic rings. The molecular weight excluding hydrogens is 306 g/mol. The molecule has 0 radical (unpaired) electrons. The largest absolute Gasteiger partial charge is 0.492 e. The fraction of sp³-hybridized carbons (Fsp3) is 0.357. The molecule has 0 unspecified atom stereocenters. The SMILES string of the molecule is Cn1nc(-c2cccc(OCC3CC3)c2Br)cc1N. The van der Waals surface area contributed by atoms with Crippen LogP contribution in [0.15, 0.2) is 28.7 Å². The van der Waals surface area contributed by atoms with E-state index in [1.54, 1.807) is 4.68 Å². The monoisotopic (exact) mass is 321 g/mol. The Morgan fingerprint density at radius 1 is 1.47 bits per heavy atom. The van der Waals surface area contributed by atoms with Crippen molar-refractivity contribution in [3.8, 4) is 17.0 Å². The predicted molar refractivity (Wildman–Crippen MR) is 79.0 cm³/mol. The summed E-state index contributed by atoms with van der Waals surface area (Å²) in [7, 11) is 1.83. The second-order valence-electron chi connectivity index (χ2n) is 4.95. The average Bonchev–Trinajstić information content (AvgIpc) is 3.15. The molecule has 0 amide bonds. The third-order valence-corrected chi connectivity index (χ3v) is 4.14. The molecule has 2 N–H and O–H groups in total. The highest BCUT2D eigenvalue weighted by Gasteiger charge is 2.22. The lowest BCUT2D eigenvalue weighted by Gasteiger charge is -2.10. The Balaban J connectivity index is 1.90. The van der Waals surface area contributed by atoms with Gasteiger partial charge in [-0.3, -0.25) is 4.68 Å². The fourth-order valence-electron chi connectivity index (χ4n) is 1.93. The molecule has 5 heteroatoms. The van der Waals surface area contributed by atoms with Crippen molar-refractivity contribution in [2.75, 3.05) is 12.3 Å². The molecule has 100 valence electrons. The summed E-state index contributed by atoms with van der Waals surface area (Å²) in [5, 5.41) is 4.40. The van der Waals surface area contributed by atoms with E-state index in [1.807, 2.05) is 31.3 Å². The molecule has 3 rings (SSSR count). The predicted octanol–water partition coefficient (Wildman–Crippen LogP) is 3.22. The molecule has 1 heterocycles.